The lowest BCUT2D eigenvalue weighted by atomic mass is 10.1. The van der Waals surface area contributed by atoms with E-state index in [0.29, 0.717) is 4.90 Å². The first-order valence-electron chi connectivity index (χ1n) is 8.27. The van der Waals surface area contributed by atoms with Gasteiger partial charge in [0, 0.05) is 32.6 Å². The lowest BCUT2D eigenvalue weighted by molar-refractivity contribution is -0.157. The molecule has 1 aliphatic rings. The van der Waals surface area contributed by atoms with E-state index in [9.17, 15) is 27.6 Å². The Bertz CT molecular complexity index is 546. The SMILES string of the molecule is C[C@@H](CNC(=O)[C@H]1CC(=O)N(CC(F)(F)F)C1)N(C)C(=O)OC(C)(C)C. The van der Waals surface area contributed by atoms with Crippen LogP contribution in [0.15, 0.2) is 0 Å². The zero-order valence-corrected chi connectivity index (χ0v) is 15.6. The summed E-state index contributed by atoms with van der Waals surface area (Å²) in [7, 11) is 1.52. The lowest BCUT2D eigenvalue weighted by Crippen LogP contribution is -2.46. The standard InChI is InChI=1S/C16H26F3N3O4/c1-10(21(5)14(25)26-15(2,3)4)7-20-13(24)11-6-12(23)22(8-11)9-16(17,18)19/h10-11H,6-9H2,1-5H3,(H,20,24)/t10-,11-/m0/s1. The van der Waals surface area contributed by atoms with Gasteiger partial charge in [-0.1, -0.05) is 0 Å². The number of ether oxygens (including phenoxy) is 1. The molecule has 0 unspecified atom stereocenters. The molecule has 0 saturated carbocycles. The molecule has 0 aromatic rings. The highest BCUT2D eigenvalue weighted by Crippen LogP contribution is 2.24. The average Bonchev–Trinajstić information content (AvgIpc) is 2.81. The van der Waals surface area contributed by atoms with Crippen molar-refractivity contribution in [2.24, 2.45) is 5.92 Å². The van der Waals surface area contributed by atoms with Crippen LogP contribution in [0.1, 0.15) is 34.1 Å². The maximum Gasteiger partial charge on any atom is 0.410 e. The van der Waals surface area contributed by atoms with Gasteiger partial charge in [-0.2, -0.15) is 13.2 Å². The Morgan fingerprint density at radius 3 is 2.42 bits per heavy atom. The van der Waals surface area contributed by atoms with Gasteiger partial charge in [-0.25, -0.2) is 4.79 Å². The van der Waals surface area contributed by atoms with Crippen molar-refractivity contribution in [2.45, 2.75) is 51.9 Å². The molecule has 3 amide bonds. The van der Waals surface area contributed by atoms with Crippen LogP contribution >= 0.6 is 0 Å². The van der Waals surface area contributed by atoms with Crippen LogP contribution in [0.3, 0.4) is 0 Å². The number of likely N-dealkylation sites (tertiary alicyclic amines) is 1. The second kappa shape index (κ2) is 8.13. The van der Waals surface area contributed by atoms with E-state index in [1.54, 1.807) is 27.7 Å². The molecule has 26 heavy (non-hydrogen) atoms. The van der Waals surface area contributed by atoms with Crippen molar-refractivity contribution in [2.75, 3.05) is 26.7 Å². The number of nitrogens with one attached hydrogen (secondary N) is 1. The Balaban J connectivity index is 2.49. The van der Waals surface area contributed by atoms with E-state index >= 15 is 0 Å². The zero-order valence-electron chi connectivity index (χ0n) is 15.6. The third-order valence-corrected chi connectivity index (χ3v) is 3.87. The van der Waals surface area contributed by atoms with Crippen LogP contribution in [-0.4, -0.2) is 72.2 Å². The molecule has 0 aromatic carbocycles. The minimum Gasteiger partial charge on any atom is -0.444 e. The van der Waals surface area contributed by atoms with Crippen molar-refractivity contribution in [1.29, 1.82) is 0 Å². The normalized spacial score (nSPS) is 19.3. The number of amides is 3. The molecular formula is C16H26F3N3O4. The Morgan fingerprint density at radius 1 is 1.35 bits per heavy atom. The summed E-state index contributed by atoms with van der Waals surface area (Å²) >= 11 is 0. The monoisotopic (exact) mass is 381 g/mol. The van der Waals surface area contributed by atoms with Gasteiger partial charge in [-0.15, -0.1) is 0 Å². The summed E-state index contributed by atoms with van der Waals surface area (Å²) < 4.78 is 42.4. The lowest BCUT2D eigenvalue weighted by Gasteiger charge is -2.29. The van der Waals surface area contributed by atoms with E-state index in [1.807, 2.05) is 0 Å². The fraction of sp³-hybridized carbons (Fsp3) is 0.812. The molecule has 0 aliphatic carbocycles. The van der Waals surface area contributed by atoms with Gasteiger partial charge in [0.1, 0.15) is 12.1 Å². The minimum absolute atomic E-state index is 0.0958. The molecule has 0 aromatic heterocycles. The molecule has 1 fully saturated rings. The first-order chi connectivity index (χ1) is 11.7. The number of carbonyl (C=O) groups excluding carboxylic acids is 3. The highest BCUT2D eigenvalue weighted by molar-refractivity contribution is 5.89. The fourth-order valence-electron chi connectivity index (χ4n) is 2.36. The third-order valence-electron chi connectivity index (χ3n) is 3.87. The Labute approximate surface area is 150 Å². The second-order valence-corrected chi connectivity index (χ2v) is 7.48. The van der Waals surface area contributed by atoms with Gasteiger partial charge in [0.25, 0.3) is 0 Å². The van der Waals surface area contributed by atoms with Crippen LogP contribution in [-0.2, 0) is 14.3 Å². The van der Waals surface area contributed by atoms with E-state index in [2.05, 4.69) is 5.32 Å². The van der Waals surface area contributed by atoms with Crippen LogP contribution < -0.4 is 5.32 Å². The van der Waals surface area contributed by atoms with Gasteiger partial charge in [0.15, 0.2) is 0 Å². The summed E-state index contributed by atoms with van der Waals surface area (Å²) in [4.78, 5) is 37.6. The molecule has 1 saturated heterocycles. The Kier molecular flexibility index (Phi) is 6.89. The number of alkyl halides is 3. The van der Waals surface area contributed by atoms with Crippen LogP contribution in [0.4, 0.5) is 18.0 Å². The molecule has 0 bridgehead atoms. The van der Waals surface area contributed by atoms with Crippen molar-refractivity contribution >= 4 is 17.9 Å². The molecule has 150 valence electrons. The van der Waals surface area contributed by atoms with Crippen molar-refractivity contribution in [3.05, 3.63) is 0 Å². The molecule has 1 rings (SSSR count). The topological polar surface area (TPSA) is 79.0 Å². The van der Waals surface area contributed by atoms with E-state index < -0.39 is 48.2 Å². The second-order valence-electron chi connectivity index (χ2n) is 7.48. The van der Waals surface area contributed by atoms with E-state index in [0.717, 1.165) is 0 Å². The molecule has 7 nitrogen and oxygen atoms in total. The predicted molar refractivity (Wildman–Crippen MR) is 87.2 cm³/mol. The number of rotatable bonds is 5. The molecule has 2 atom stereocenters. The summed E-state index contributed by atoms with van der Waals surface area (Å²) in [5.74, 6) is -2.03. The van der Waals surface area contributed by atoms with Gasteiger partial charge in [-0.05, 0) is 27.7 Å². The maximum atomic E-state index is 12.4. The largest absolute Gasteiger partial charge is 0.444 e. The number of likely N-dealkylation sites (N-methyl/N-ethyl adjacent to an activating group) is 1. The molecule has 0 radical (unpaired) electrons. The molecule has 1 N–H and O–H groups in total. The molecule has 10 heteroatoms. The molecule has 0 spiro atoms. The van der Waals surface area contributed by atoms with Crippen molar-refractivity contribution in [3.8, 4) is 0 Å². The number of nitrogens with zero attached hydrogens (tertiary/aromatic N) is 2. The van der Waals surface area contributed by atoms with Crippen LogP contribution in [0.25, 0.3) is 0 Å². The zero-order chi connectivity index (χ0) is 20.3. The van der Waals surface area contributed by atoms with Crippen LogP contribution in [0.2, 0.25) is 0 Å². The van der Waals surface area contributed by atoms with Crippen molar-refractivity contribution in [3.63, 3.8) is 0 Å². The van der Waals surface area contributed by atoms with E-state index in [1.165, 1.54) is 11.9 Å². The molecular weight excluding hydrogens is 355 g/mol. The fourth-order valence-corrected chi connectivity index (χ4v) is 2.36. The summed E-state index contributed by atoms with van der Waals surface area (Å²) in [5, 5.41) is 2.58. The van der Waals surface area contributed by atoms with E-state index in [4.69, 9.17) is 4.74 Å². The summed E-state index contributed by atoms with van der Waals surface area (Å²) in [6.45, 7) is 5.37. The number of halogens is 3. The minimum atomic E-state index is -4.49. The predicted octanol–water partition coefficient (Wildman–Crippen LogP) is 1.77. The van der Waals surface area contributed by atoms with Crippen LogP contribution in [0, 0.1) is 5.92 Å². The third kappa shape index (κ3) is 7.09. The first kappa shape index (κ1) is 22.0. The highest BCUT2D eigenvalue weighted by Gasteiger charge is 2.40. The van der Waals surface area contributed by atoms with Crippen LogP contribution in [0.5, 0.6) is 0 Å². The Hall–Kier alpha value is -2.00. The number of hydrogen-bond donors (Lipinski definition) is 1. The number of carbonyl (C=O) groups is 3. The van der Waals surface area contributed by atoms with Gasteiger partial charge in [-0.3, -0.25) is 9.59 Å². The quantitative estimate of drug-likeness (QED) is 0.787. The number of hydrogen-bond acceptors (Lipinski definition) is 4. The smallest absolute Gasteiger partial charge is 0.410 e. The summed E-state index contributed by atoms with van der Waals surface area (Å²) in [6.07, 6.45) is -5.30. The van der Waals surface area contributed by atoms with Gasteiger partial charge < -0.3 is 19.9 Å². The van der Waals surface area contributed by atoms with Gasteiger partial charge >= 0.3 is 12.3 Å². The van der Waals surface area contributed by atoms with Gasteiger partial charge in [0.2, 0.25) is 11.8 Å². The Morgan fingerprint density at radius 2 is 1.92 bits per heavy atom. The molecule has 1 heterocycles. The summed E-state index contributed by atoms with van der Waals surface area (Å²) in [5.41, 5.74) is -0.652. The van der Waals surface area contributed by atoms with Crippen molar-refractivity contribution in [1.82, 2.24) is 15.1 Å². The first-order valence-corrected chi connectivity index (χ1v) is 8.27. The van der Waals surface area contributed by atoms with E-state index in [-0.39, 0.29) is 19.5 Å². The van der Waals surface area contributed by atoms with Crippen molar-refractivity contribution < 1.29 is 32.3 Å². The summed E-state index contributed by atoms with van der Waals surface area (Å²) in [6, 6.07) is -0.391. The highest BCUT2D eigenvalue weighted by atomic mass is 19.4. The maximum absolute atomic E-state index is 12.4. The van der Waals surface area contributed by atoms with Gasteiger partial charge in [0.05, 0.1) is 5.92 Å². The average molecular weight is 381 g/mol. The molecule has 1 aliphatic heterocycles.